The molecule has 0 atom stereocenters. The van der Waals surface area contributed by atoms with E-state index in [0.717, 1.165) is 26.7 Å². The molecule has 2 N–H and O–H groups in total. The Labute approximate surface area is 130 Å². The Kier molecular flexibility index (Phi) is 4.88. The van der Waals surface area contributed by atoms with Crippen LogP contribution in [0.25, 0.3) is 0 Å². The van der Waals surface area contributed by atoms with Gasteiger partial charge in [0.05, 0.1) is 8.95 Å². The first-order valence-corrected chi connectivity index (χ1v) is 7.64. The molecular weight excluding hydrogens is 370 g/mol. The number of benzene rings is 2. The van der Waals surface area contributed by atoms with Crippen molar-refractivity contribution >= 4 is 37.5 Å². The Morgan fingerprint density at radius 2 is 1.53 bits per heavy atom. The summed E-state index contributed by atoms with van der Waals surface area (Å²) < 4.78 is 7.54. The van der Waals surface area contributed by atoms with E-state index in [1.807, 2.05) is 12.1 Å². The van der Waals surface area contributed by atoms with Crippen molar-refractivity contribution in [2.45, 2.75) is 20.0 Å². The van der Waals surface area contributed by atoms with Crippen LogP contribution < -0.4 is 10.5 Å². The van der Waals surface area contributed by atoms with Crippen LogP contribution in [0.5, 0.6) is 5.75 Å². The van der Waals surface area contributed by atoms with Crippen molar-refractivity contribution in [2.24, 2.45) is 0 Å². The number of hydrogen-bond acceptors (Lipinski definition) is 2. The number of anilines is 1. The average Bonchev–Trinajstić information content (AvgIpc) is 2.38. The smallest absolute Gasteiger partial charge is 0.148 e. The van der Waals surface area contributed by atoms with Crippen molar-refractivity contribution in [2.75, 3.05) is 5.73 Å². The van der Waals surface area contributed by atoms with E-state index in [-0.39, 0.29) is 0 Å². The lowest BCUT2D eigenvalue weighted by Gasteiger charge is -2.11. The molecule has 2 nitrogen and oxygen atoms in total. The number of nitrogens with two attached hydrogens (primary N) is 1. The van der Waals surface area contributed by atoms with Crippen LogP contribution in [0.1, 0.15) is 18.1 Å². The van der Waals surface area contributed by atoms with Crippen LogP contribution in [0, 0.1) is 0 Å². The lowest BCUT2D eigenvalue weighted by molar-refractivity contribution is 0.302. The molecule has 0 spiro atoms. The molecule has 19 heavy (non-hydrogen) atoms. The minimum absolute atomic E-state index is 0.533. The monoisotopic (exact) mass is 383 g/mol. The van der Waals surface area contributed by atoms with Gasteiger partial charge in [0.1, 0.15) is 12.4 Å². The van der Waals surface area contributed by atoms with Crippen molar-refractivity contribution in [3.05, 3.63) is 56.5 Å². The second kappa shape index (κ2) is 6.44. The van der Waals surface area contributed by atoms with Crippen LogP contribution in [-0.2, 0) is 13.0 Å². The molecule has 100 valence electrons. The van der Waals surface area contributed by atoms with Gasteiger partial charge in [-0.15, -0.1) is 0 Å². The zero-order chi connectivity index (χ0) is 13.8. The largest absolute Gasteiger partial charge is 0.487 e. The fourth-order valence-corrected chi connectivity index (χ4v) is 3.19. The molecule has 0 radical (unpaired) electrons. The van der Waals surface area contributed by atoms with Crippen molar-refractivity contribution in [1.29, 1.82) is 0 Å². The van der Waals surface area contributed by atoms with Gasteiger partial charge in [-0.2, -0.15) is 0 Å². The van der Waals surface area contributed by atoms with Gasteiger partial charge in [0, 0.05) is 5.69 Å². The van der Waals surface area contributed by atoms with Gasteiger partial charge in [-0.1, -0.05) is 31.2 Å². The highest BCUT2D eigenvalue weighted by molar-refractivity contribution is 9.11. The third-order valence-electron chi connectivity index (χ3n) is 2.84. The van der Waals surface area contributed by atoms with Crippen molar-refractivity contribution in [3.63, 3.8) is 0 Å². The number of aryl methyl sites for hydroxylation is 1. The van der Waals surface area contributed by atoms with Crippen molar-refractivity contribution in [3.8, 4) is 5.75 Å². The lowest BCUT2D eigenvalue weighted by atomic mass is 10.1. The minimum atomic E-state index is 0.533. The molecule has 0 aromatic heterocycles. The Hall–Kier alpha value is -1.000. The molecule has 0 aliphatic carbocycles. The predicted molar refractivity (Wildman–Crippen MR) is 86.4 cm³/mol. The summed E-state index contributed by atoms with van der Waals surface area (Å²) in [6, 6.07) is 12.1. The fraction of sp³-hybridized carbons (Fsp3) is 0.200. The van der Waals surface area contributed by atoms with Gasteiger partial charge >= 0.3 is 0 Å². The van der Waals surface area contributed by atoms with Crippen LogP contribution >= 0.6 is 31.9 Å². The summed E-state index contributed by atoms with van der Waals surface area (Å²) in [5, 5.41) is 0. The molecule has 0 unspecified atom stereocenters. The third-order valence-corrected chi connectivity index (χ3v) is 4.01. The molecule has 0 bridgehead atoms. The van der Waals surface area contributed by atoms with E-state index in [4.69, 9.17) is 10.5 Å². The van der Waals surface area contributed by atoms with E-state index < -0.39 is 0 Å². The van der Waals surface area contributed by atoms with Crippen LogP contribution in [0.3, 0.4) is 0 Å². The average molecular weight is 385 g/mol. The number of rotatable bonds is 4. The van der Waals surface area contributed by atoms with Crippen LogP contribution in [-0.4, -0.2) is 0 Å². The Balaban J connectivity index is 2.10. The zero-order valence-electron chi connectivity index (χ0n) is 10.6. The SMILES string of the molecule is CCc1ccc(COc2c(Br)cc(N)cc2Br)cc1. The van der Waals surface area contributed by atoms with Gasteiger partial charge < -0.3 is 10.5 Å². The number of halogens is 2. The minimum Gasteiger partial charge on any atom is -0.487 e. The zero-order valence-corrected chi connectivity index (χ0v) is 13.8. The fourth-order valence-electron chi connectivity index (χ4n) is 1.74. The predicted octanol–water partition coefficient (Wildman–Crippen LogP) is 4.94. The highest BCUT2D eigenvalue weighted by Crippen LogP contribution is 2.36. The maximum atomic E-state index is 5.83. The summed E-state index contributed by atoms with van der Waals surface area (Å²) in [6.07, 6.45) is 1.05. The molecule has 0 fully saturated rings. The topological polar surface area (TPSA) is 35.2 Å². The van der Waals surface area contributed by atoms with E-state index in [9.17, 15) is 0 Å². The summed E-state index contributed by atoms with van der Waals surface area (Å²) >= 11 is 6.92. The Bertz CT molecular complexity index is 544. The van der Waals surface area contributed by atoms with E-state index in [0.29, 0.717) is 12.3 Å². The summed E-state index contributed by atoms with van der Waals surface area (Å²) in [5.41, 5.74) is 8.92. The maximum Gasteiger partial charge on any atom is 0.148 e. The van der Waals surface area contributed by atoms with Gasteiger partial charge in [-0.25, -0.2) is 0 Å². The van der Waals surface area contributed by atoms with Crippen LogP contribution in [0.2, 0.25) is 0 Å². The highest BCUT2D eigenvalue weighted by Gasteiger charge is 2.08. The second-order valence-electron chi connectivity index (χ2n) is 4.27. The Morgan fingerprint density at radius 3 is 2.05 bits per heavy atom. The number of nitrogen functional groups attached to an aromatic ring is 1. The number of hydrogen-bond donors (Lipinski definition) is 1. The Morgan fingerprint density at radius 1 is 1.00 bits per heavy atom. The molecule has 0 aliphatic rings. The molecule has 2 aromatic carbocycles. The van der Waals surface area contributed by atoms with Gasteiger partial charge in [0.25, 0.3) is 0 Å². The second-order valence-corrected chi connectivity index (χ2v) is 5.98. The standard InChI is InChI=1S/C15H15Br2NO/c1-2-10-3-5-11(6-4-10)9-19-15-13(16)7-12(18)8-14(15)17/h3-8H,2,9,18H2,1H3. The normalized spacial score (nSPS) is 10.5. The molecular formula is C15H15Br2NO. The van der Waals surface area contributed by atoms with Crippen LogP contribution in [0.15, 0.2) is 45.3 Å². The first kappa shape index (κ1) is 14.4. The highest BCUT2D eigenvalue weighted by atomic mass is 79.9. The molecule has 0 saturated carbocycles. The van der Waals surface area contributed by atoms with Gasteiger partial charge in [0.2, 0.25) is 0 Å². The first-order valence-electron chi connectivity index (χ1n) is 6.05. The molecule has 0 heterocycles. The molecule has 0 saturated heterocycles. The molecule has 0 amide bonds. The molecule has 2 aromatic rings. The third kappa shape index (κ3) is 3.74. The summed E-state index contributed by atoms with van der Waals surface area (Å²) in [7, 11) is 0. The summed E-state index contributed by atoms with van der Waals surface area (Å²) in [6.45, 7) is 2.68. The maximum absolute atomic E-state index is 5.83. The van der Waals surface area contributed by atoms with Crippen molar-refractivity contribution in [1.82, 2.24) is 0 Å². The van der Waals surface area contributed by atoms with Gasteiger partial charge in [-0.3, -0.25) is 0 Å². The molecule has 2 rings (SSSR count). The van der Waals surface area contributed by atoms with E-state index >= 15 is 0 Å². The van der Waals surface area contributed by atoms with E-state index in [1.54, 1.807) is 0 Å². The molecule has 4 heteroatoms. The quantitative estimate of drug-likeness (QED) is 0.758. The van der Waals surface area contributed by atoms with Crippen LogP contribution in [0.4, 0.5) is 5.69 Å². The molecule has 0 aliphatic heterocycles. The van der Waals surface area contributed by atoms with Gasteiger partial charge in [0.15, 0.2) is 0 Å². The van der Waals surface area contributed by atoms with E-state index in [1.165, 1.54) is 5.56 Å². The first-order chi connectivity index (χ1) is 9.10. The summed E-state index contributed by atoms with van der Waals surface area (Å²) in [5.74, 6) is 0.772. The van der Waals surface area contributed by atoms with Gasteiger partial charge in [-0.05, 0) is 61.5 Å². The lowest BCUT2D eigenvalue weighted by Crippen LogP contribution is -1.98. The number of ether oxygens (including phenoxy) is 1. The summed E-state index contributed by atoms with van der Waals surface area (Å²) in [4.78, 5) is 0. The van der Waals surface area contributed by atoms with E-state index in [2.05, 4.69) is 63.0 Å². The van der Waals surface area contributed by atoms with Crippen molar-refractivity contribution < 1.29 is 4.74 Å².